The van der Waals surface area contributed by atoms with Crippen LogP contribution in [0.3, 0.4) is 0 Å². The van der Waals surface area contributed by atoms with Gasteiger partial charge in [-0.3, -0.25) is 14.5 Å². The van der Waals surface area contributed by atoms with Crippen LogP contribution in [0.4, 0.5) is 0 Å². The first kappa shape index (κ1) is 35.4. The van der Waals surface area contributed by atoms with Crippen molar-refractivity contribution in [3.8, 4) is 0 Å². The van der Waals surface area contributed by atoms with E-state index in [1.807, 2.05) is 0 Å². The van der Waals surface area contributed by atoms with Gasteiger partial charge in [0.1, 0.15) is 0 Å². The van der Waals surface area contributed by atoms with Crippen LogP contribution in [0, 0.1) is 0 Å². The lowest BCUT2D eigenvalue weighted by Gasteiger charge is -2.01. The number of carbonyl (C=O) groups is 6. The number of ether oxygens (including phenoxy) is 4. The van der Waals surface area contributed by atoms with Crippen molar-refractivity contribution in [3.63, 3.8) is 0 Å². The molecule has 1 saturated heterocycles. The molecule has 0 aliphatic carbocycles. The molecule has 0 N–H and O–H groups in total. The topological polar surface area (TPSA) is 143 Å². The molecule has 32 heavy (non-hydrogen) atoms. The first-order chi connectivity index (χ1) is 14.9. The number of hydrogen-bond donors (Lipinski definition) is 0. The molecule has 1 rings (SSSR count). The van der Waals surface area contributed by atoms with Crippen molar-refractivity contribution in [3.05, 3.63) is 50.6 Å². The molecule has 180 valence electrons. The molecule has 0 aromatic heterocycles. The molecule has 0 spiro atoms. The molecule has 0 aromatic rings. The van der Waals surface area contributed by atoms with Crippen molar-refractivity contribution < 1.29 is 47.7 Å². The Morgan fingerprint density at radius 1 is 0.625 bits per heavy atom. The van der Waals surface area contributed by atoms with Crippen LogP contribution in [-0.4, -0.2) is 76.1 Å². The van der Waals surface area contributed by atoms with E-state index in [0.29, 0.717) is 12.8 Å². The van der Waals surface area contributed by atoms with E-state index in [4.69, 9.17) is 0 Å². The third-order valence-corrected chi connectivity index (χ3v) is 2.77. The SMILES string of the molecule is C=CC(=O)OC.C=CC(=O)OC.C=CC(=O)OC.C=CC(=O)OC.CN1C(=O)CCC1=O. The Labute approximate surface area is 187 Å². The second-order valence-electron chi connectivity index (χ2n) is 4.76. The monoisotopic (exact) mass is 457 g/mol. The van der Waals surface area contributed by atoms with E-state index in [1.54, 1.807) is 0 Å². The van der Waals surface area contributed by atoms with Crippen LogP contribution in [-0.2, 0) is 47.7 Å². The van der Waals surface area contributed by atoms with Crippen molar-refractivity contribution >= 4 is 35.7 Å². The maximum atomic E-state index is 10.5. The number of hydrogen-bond acceptors (Lipinski definition) is 10. The molecule has 0 unspecified atom stereocenters. The fraction of sp³-hybridized carbons (Fsp3) is 0.333. The molecule has 1 aliphatic heterocycles. The van der Waals surface area contributed by atoms with Crippen LogP contribution >= 0.6 is 0 Å². The lowest BCUT2D eigenvalue weighted by molar-refractivity contribution is -0.137. The molecule has 0 aromatic carbocycles. The largest absolute Gasteiger partial charge is 0.466 e. The summed E-state index contributed by atoms with van der Waals surface area (Å²) in [6.45, 7) is 12.6. The minimum atomic E-state index is -0.394. The van der Waals surface area contributed by atoms with E-state index < -0.39 is 23.9 Å². The summed E-state index contributed by atoms with van der Waals surface area (Å²) in [5.74, 6) is -1.69. The molecule has 11 heteroatoms. The summed E-state index contributed by atoms with van der Waals surface area (Å²) in [5.41, 5.74) is 0. The zero-order valence-electron chi connectivity index (χ0n) is 19.1. The Kier molecular flexibility index (Phi) is 27.7. The maximum absolute atomic E-state index is 10.5. The van der Waals surface area contributed by atoms with Crippen molar-refractivity contribution in [2.45, 2.75) is 12.8 Å². The van der Waals surface area contributed by atoms with Gasteiger partial charge < -0.3 is 18.9 Å². The second kappa shape index (κ2) is 25.0. The van der Waals surface area contributed by atoms with Gasteiger partial charge in [0.05, 0.1) is 28.4 Å². The van der Waals surface area contributed by atoms with E-state index in [0.717, 1.165) is 24.3 Å². The Bertz CT molecular complexity index is 571. The van der Waals surface area contributed by atoms with Crippen LogP contribution in [0.2, 0.25) is 0 Å². The number of esters is 4. The van der Waals surface area contributed by atoms with Gasteiger partial charge in [-0.2, -0.15) is 0 Å². The van der Waals surface area contributed by atoms with Crippen molar-refractivity contribution in [2.75, 3.05) is 35.5 Å². The van der Waals surface area contributed by atoms with Gasteiger partial charge >= 0.3 is 23.9 Å². The van der Waals surface area contributed by atoms with Crippen LogP contribution in [0.5, 0.6) is 0 Å². The fourth-order valence-electron chi connectivity index (χ4n) is 1.02. The minimum absolute atomic E-state index is 0.0602. The maximum Gasteiger partial charge on any atom is 0.329 e. The quantitative estimate of drug-likeness (QED) is 0.261. The molecule has 11 nitrogen and oxygen atoms in total. The summed E-state index contributed by atoms with van der Waals surface area (Å²) in [7, 11) is 6.75. The summed E-state index contributed by atoms with van der Waals surface area (Å²) in [6.07, 6.45) is 5.24. The van der Waals surface area contributed by atoms with Crippen LogP contribution in [0.1, 0.15) is 12.8 Å². The summed E-state index contributed by atoms with van der Waals surface area (Å²) in [6, 6.07) is 0. The van der Waals surface area contributed by atoms with E-state index in [1.165, 1.54) is 40.4 Å². The minimum Gasteiger partial charge on any atom is -0.466 e. The van der Waals surface area contributed by atoms with Crippen molar-refractivity contribution in [2.24, 2.45) is 0 Å². The Morgan fingerprint density at radius 3 is 0.844 bits per heavy atom. The zero-order chi connectivity index (χ0) is 26.1. The molecule has 2 amide bonds. The van der Waals surface area contributed by atoms with Crippen LogP contribution in [0.15, 0.2) is 50.6 Å². The predicted octanol–water partition coefficient (Wildman–Crippen LogP) is 1.15. The van der Waals surface area contributed by atoms with Gasteiger partial charge in [0.15, 0.2) is 0 Å². The number of rotatable bonds is 4. The number of amides is 2. The molecule has 0 bridgehead atoms. The molecule has 0 saturated carbocycles. The van der Waals surface area contributed by atoms with Crippen molar-refractivity contribution in [1.29, 1.82) is 0 Å². The third kappa shape index (κ3) is 26.0. The number of carbonyl (C=O) groups excluding carboxylic acids is 6. The molecule has 1 heterocycles. The van der Waals surface area contributed by atoms with Crippen LogP contribution < -0.4 is 0 Å². The Balaban J connectivity index is -0.000000154. The van der Waals surface area contributed by atoms with E-state index in [9.17, 15) is 28.8 Å². The number of likely N-dealkylation sites (tertiary alicyclic amines) is 1. The smallest absolute Gasteiger partial charge is 0.329 e. The molecular formula is C21H31NO10. The summed E-state index contributed by atoms with van der Waals surface area (Å²) < 4.78 is 16.6. The first-order valence-corrected chi connectivity index (χ1v) is 8.56. The Hall–Kier alpha value is -4.02. The number of methoxy groups -OCH3 is 4. The summed E-state index contributed by atoms with van der Waals surface area (Å²) in [5, 5.41) is 0. The standard InChI is InChI=1S/C5H7NO2.4C4H6O2/c1-6-4(7)2-3-5(6)8;4*1-3-4(5)6-2/h2-3H2,1H3;4*3H,1H2,2H3. The van der Waals surface area contributed by atoms with Gasteiger partial charge in [0.25, 0.3) is 0 Å². The first-order valence-electron chi connectivity index (χ1n) is 8.56. The zero-order valence-corrected chi connectivity index (χ0v) is 19.1. The lowest BCUT2D eigenvalue weighted by Crippen LogP contribution is -2.23. The highest BCUT2D eigenvalue weighted by Crippen LogP contribution is 2.07. The van der Waals surface area contributed by atoms with Crippen LogP contribution in [0.25, 0.3) is 0 Å². The average molecular weight is 457 g/mol. The highest BCUT2D eigenvalue weighted by atomic mass is 16.5. The second-order valence-corrected chi connectivity index (χ2v) is 4.76. The lowest BCUT2D eigenvalue weighted by atomic mass is 10.4. The van der Waals surface area contributed by atoms with Gasteiger partial charge in [-0.05, 0) is 0 Å². The number of nitrogens with zero attached hydrogens (tertiary/aromatic N) is 1. The van der Waals surface area contributed by atoms with E-state index >= 15 is 0 Å². The average Bonchev–Trinajstić information content (AvgIpc) is 3.13. The van der Waals surface area contributed by atoms with Gasteiger partial charge in [-0.1, -0.05) is 26.3 Å². The van der Waals surface area contributed by atoms with Gasteiger partial charge in [-0.25, -0.2) is 19.2 Å². The van der Waals surface area contributed by atoms with Gasteiger partial charge in [0, 0.05) is 44.2 Å². The highest BCUT2D eigenvalue weighted by Gasteiger charge is 2.24. The molecular weight excluding hydrogens is 426 g/mol. The summed E-state index contributed by atoms with van der Waals surface area (Å²) >= 11 is 0. The van der Waals surface area contributed by atoms with E-state index in [-0.39, 0.29) is 11.8 Å². The molecule has 1 aliphatic rings. The fourth-order valence-corrected chi connectivity index (χ4v) is 1.02. The van der Waals surface area contributed by atoms with E-state index in [2.05, 4.69) is 45.3 Å². The molecule has 1 fully saturated rings. The third-order valence-electron chi connectivity index (χ3n) is 2.77. The number of imide groups is 1. The van der Waals surface area contributed by atoms with Gasteiger partial charge in [0.2, 0.25) is 11.8 Å². The normalized spacial score (nSPS) is 10.2. The predicted molar refractivity (Wildman–Crippen MR) is 116 cm³/mol. The summed E-state index contributed by atoms with van der Waals surface area (Å²) in [4.78, 5) is 61.5. The van der Waals surface area contributed by atoms with Crippen molar-refractivity contribution in [1.82, 2.24) is 4.90 Å². The van der Waals surface area contributed by atoms with Gasteiger partial charge in [-0.15, -0.1) is 0 Å². The Morgan fingerprint density at radius 2 is 0.812 bits per heavy atom. The molecule has 0 radical (unpaired) electrons. The molecule has 0 atom stereocenters. The highest BCUT2D eigenvalue weighted by molar-refractivity contribution is 6.01.